The van der Waals surface area contributed by atoms with Crippen molar-refractivity contribution in [2.24, 2.45) is 0 Å². The van der Waals surface area contributed by atoms with E-state index in [2.05, 4.69) is 33.0 Å². The third-order valence-electron chi connectivity index (χ3n) is 3.20. The van der Waals surface area contributed by atoms with E-state index >= 15 is 0 Å². The first-order valence-electron chi connectivity index (χ1n) is 7.28. The molecule has 0 radical (unpaired) electrons. The molecule has 4 heteroatoms. The molecule has 0 bridgehead atoms. The number of halogens is 1. The minimum atomic E-state index is 0.168. The molecule has 0 spiro atoms. The van der Waals surface area contributed by atoms with Gasteiger partial charge in [0.25, 0.3) is 0 Å². The average Bonchev–Trinajstić information content (AvgIpc) is 2.43. The van der Waals surface area contributed by atoms with E-state index < -0.39 is 0 Å². The Morgan fingerprint density at radius 1 is 1.20 bits per heavy atom. The van der Waals surface area contributed by atoms with Crippen LogP contribution in [-0.2, 0) is 6.54 Å². The standard InChI is InChI=1S/C16H26ClNO2/c1-6-13(7-2)20-16-14(17)8-12(9-15(16)19-5)10-18-11(3)4/h8-9,11,13,18H,6-7,10H2,1-5H3. The smallest absolute Gasteiger partial charge is 0.180 e. The molecule has 0 atom stereocenters. The van der Waals surface area contributed by atoms with Gasteiger partial charge in [0.05, 0.1) is 18.2 Å². The van der Waals surface area contributed by atoms with Crippen LogP contribution in [0.25, 0.3) is 0 Å². The molecule has 0 aromatic heterocycles. The van der Waals surface area contributed by atoms with E-state index in [0.717, 1.165) is 24.9 Å². The average molecular weight is 300 g/mol. The summed E-state index contributed by atoms with van der Waals surface area (Å²) in [5.41, 5.74) is 1.09. The Labute approximate surface area is 127 Å². The highest BCUT2D eigenvalue weighted by molar-refractivity contribution is 6.32. The van der Waals surface area contributed by atoms with Crippen molar-refractivity contribution in [1.29, 1.82) is 0 Å². The number of benzene rings is 1. The van der Waals surface area contributed by atoms with E-state index in [1.807, 2.05) is 12.1 Å². The molecule has 114 valence electrons. The number of nitrogens with one attached hydrogen (secondary N) is 1. The second-order valence-corrected chi connectivity index (χ2v) is 5.61. The molecule has 0 saturated carbocycles. The minimum Gasteiger partial charge on any atom is -0.493 e. The number of hydrogen-bond acceptors (Lipinski definition) is 3. The number of hydrogen-bond donors (Lipinski definition) is 1. The van der Waals surface area contributed by atoms with E-state index in [9.17, 15) is 0 Å². The maximum atomic E-state index is 6.35. The number of ether oxygens (including phenoxy) is 2. The maximum Gasteiger partial charge on any atom is 0.180 e. The Hall–Kier alpha value is -0.930. The zero-order valence-electron chi connectivity index (χ0n) is 13.1. The SMILES string of the molecule is CCC(CC)Oc1c(Cl)cc(CNC(C)C)cc1OC. The summed E-state index contributed by atoms with van der Waals surface area (Å²) >= 11 is 6.35. The van der Waals surface area contributed by atoms with Gasteiger partial charge in [-0.15, -0.1) is 0 Å². The second-order valence-electron chi connectivity index (χ2n) is 5.20. The van der Waals surface area contributed by atoms with Crippen LogP contribution in [0.1, 0.15) is 46.1 Å². The van der Waals surface area contributed by atoms with Crippen molar-refractivity contribution in [3.63, 3.8) is 0 Å². The number of methoxy groups -OCH3 is 1. The Bertz CT molecular complexity index is 417. The molecule has 0 aliphatic heterocycles. The molecule has 0 heterocycles. The number of rotatable bonds is 8. The molecule has 1 aromatic rings. The molecule has 0 aliphatic rings. The quantitative estimate of drug-likeness (QED) is 0.771. The molecule has 0 saturated heterocycles. The molecule has 0 fully saturated rings. The molecule has 3 nitrogen and oxygen atoms in total. The Kier molecular flexibility index (Phi) is 7.17. The molecule has 0 aliphatic carbocycles. The second kappa shape index (κ2) is 8.38. The summed E-state index contributed by atoms with van der Waals surface area (Å²) in [5, 5.41) is 3.98. The van der Waals surface area contributed by atoms with Gasteiger partial charge in [-0.05, 0) is 30.5 Å². The summed E-state index contributed by atoms with van der Waals surface area (Å²) in [4.78, 5) is 0. The molecule has 20 heavy (non-hydrogen) atoms. The third-order valence-corrected chi connectivity index (χ3v) is 3.48. The normalized spacial score (nSPS) is 11.2. The van der Waals surface area contributed by atoms with Crippen LogP contribution in [-0.4, -0.2) is 19.3 Å². The van der Waals surface area contributed by atoms with Crippen molar-refractivity contribution in [1.82, 2.24) is 5.32 Å². The van der Waals surface area contributed by atoms with E-state index in [4.69, 9.17) is 21.1 Å². The zero-order valence-corrected chi connectivity index (χ0v) is 13.9. The monoisotopic (exact) mass is 299 g/mol. The molecule has 0 amide bonds. The highest BCUT2D eigenvalue weighted by Gasteiger charge is 2.15. The summed E-state index contributed by atoms with van der Waals surface area (Å²) < 4.78 is 11.4. The third kappa shape index (κ3) is 4.88. The highest BCUT2D eigenvalue weighted by Crippen LogP contribution is 2.37. The van der Waals surface area contributed by atoms with Gasteiger partial charge in [0.1, 0.15) is 0 Å². The van der Waals surface area contributed by atoms with Crippen LogP contribution in [0.5, 0.6) is 11.5 Å². The van der Waals surface area contributed by atoms with E-state index in [1.165, 1.54) is 0 Å². The maximum absolute atomic E-state index is 6.35. The van der Waals surface area contributed by atoms with E-state index in [-0.39, 0.29) is 6.10 Å². The van der Waals surface area contributed by atoms with Crippen molar-refractivity contribution >= 4 is 11.6 Å². The molecular formula is C16H26ClNO2. The zero-order chi connectivity index (χ0) is 15.1. The molecular weight excluding hydrogens is 274 g/mol. The van der Waals surface area contributed by atoms with Crippen LogP contribution in [0.15, 0.2) is 12.1 Å². The van der Waals surface area contributed by atoms with Gasteiger partial charge >= 0.3 is 0 Å². The highest BCUT2D eigenvalue weighted by atomic mass is 35.5. The van der Waals surface area contributed by atoms with Crippen molar-refractivity contribution in [3.8, 4) is 11.5 Å². The first-order chi connectivity index (χ1) is 9.51. The Morgan fingerprint density at radius 2 is 1.85 bits per heavy atom. The first kappa shape index (κ1) is 17.1. The van der Waals surface area contributed by atoms with E-state index in [0.29, 0.717) is 22.6 Å². The first-order valence-corrected chi connectivity index (χ1v) is 7.66. The van der Waals surface area contributed by atoms with Gasteiger partial charge < -0.3 is 14.8 Å². The van der Waals surface area contributed by atoms with Gasteiger partial charge in [-0.1, -0.05) is 39.3 Å². The lowest BCUT2D eigenvalue weighted by molar-refractivity contribution is 0.185. The molecule has 1 rings (SSSR count). The van der Waals surface area contributed by atoms with Crippen LogP contribution < -0.4 is 14.8 Å². The molecule has 1 N–H and O–H groups in total. The lowest BCUT2D eigenvalue weighted by atomic mass is 10.1. The van der Waals surface area contributed by atoms with Crippen molar-refractivity contribution in [2.75, 3.05) is 7.11 Å². The fourth-order valence-electron chi connectivity index (χ4n) is 1.93. The van der Waals surface area contributed by atoms with Crippen LogP contribution in [0.2, 0.25) is 5.02 Å². The van der Waals surface area contributed by atoms with Gasteiger partial charge in [-0.2, -0.15) is 0 Å². The lowest BCUT2D eigenvalue weighted by Crippen LogP contribution is -2.22. The summed E-state index contributed by atoms with van der Waals surface area (Å²) in [6.45, 7) is 9.21. The summed E-state index contributed by atoms with van der Waals surface area (Å²) in [6.07, 6.45) is 2.07. The van der Waals surface area contributed by atoms with Gasteiger partial charge in [0.15, 0.2) is 11.5 Å². The topological polar surface area (TPSA) is 30.5 Å². The van der Waals surface area contributed by atoms with Crippen molar-refractivity contribution in [3.05, 3.63) is 22.7 Å². The van der Waals surface area contributed by atoms with Gasteiger partial charge in [-0.3, -0.25) is 0 Å². The largest absolute Gasteiger partial charge is 0.493 e. The van der Waals surface area contributed by atoms with Crippen molar-refractivity contribution < 1.29 is 9.47 Å². The van der Waals surface area contributed by atoms with Crippen LogP contribution in [0, 0.1) is 0 Å². The van der Waals surface area contributed by atoms with Crippen LogP contribution >= 0.6 is 11.6 Å². The van der Waals surface area contributed by atoms with E-state index in [1.54, 1.807) is 7.11 Å². The summed E-state index contributed by atoms with van der Waals surface area (Å²) in [6, 6.07) is 4.36. The Balaban J connectivity index is 2.95. The van der Waals surface area contributed by atoms with Gasteiger partial charge in [0, 0.05) is 12.6 Å². The van der Waals surface area contributed by atoms with Crippen molar-refractivity contribution in [2.45, 2.75) is 59.2 Å². The van der Waals surface area contributed by atoms with Crippen LogP contribution in [0.3, 0.4) is 0 Å². The fourth-order valence-corrected chi connectivity index (χ4v) is 2.21. The summed E-state index contributed by atoms with van der Waals surface area (Å²) in [7, 11) is 1.64. The molecule has 0 unspecified atom stereocenters. The lowest BCUT2D eigenvalue weighted by Gasteiger charge is -2.20. The fraction of sp³-hybridized carbons (Fsp3) is 0.625. The predicted octanol–water partition coefficient (Wildman–Crippen LogP) is 4.41. The Morgan fingerprint density at radius 3 is 2.35 bits per heavy atom. The summed E-state index contributed by atoms with van der Waals surface area (Å²) in [5.74, 6) is 1.35. The predicted molar refractivity (Wildman–Crippen MR) is 85.0 cm³/mol. The minimum absolute atomic E-state index is 0.168. The molecule has 1 aromatic carbocycles. The van der Waals surface area contributed by atoms with Gasteiger partial charge in [0.2, 0.25) is 0 Å². The van der Waals surface area contributed by atoms with Crippen LogP contribution in [0.4, 0.5) is 0 Å². The van der Waals surface area contributed by atoms with Gasteiger partial charge in [-0.25, -0.2) is 0 Å².